The number of benzene rings is 2. The summed E-state index contributed by atoms with van der Waals surface area (Å²) < 4.78 is 23.2. The fourth-order valence-electron chi connectivity index (χ4n) is 2.15. The van der Waals surface area contributed by atoms with Crippen LogP contribution < -0.4 is 20.2 Å². The van der Waals surface area contributed by atoms with Gasteiger partial charge in [-0.1, -0.05) is 0 Å². The molecule has 0 saturated heterocycles. The average Bonchev–Trinajstić information content (AvgIpc) is 2.68. The molecule has 0 heterocycles. The van der Waals surface area contributed by atoms with Crippen molar-refractivity contribution < 1.29 is 23.5 Å². The Bertz CT molecular complexity index is 822. The largest absolute Gasteiger partial charge is 0.497 e. The number of carbonyl (C=O) groups excluding carboxylic acids is 2. The zero-order valence-corrected chi connectivity index (χ0v) is 15.0. The van der Waals surface area contributed by atoms with Gasteiger partial charge in [0.05, 0.1) is 20.4 Å². The van der Waals surface area contributed by atoms with Gasteiger partial charge in [-0.3, -0.25) is 9.59 Å². The van der Waals surface area contributed by atoms with Crippen LogP contribution in [0.5, 0.6) is 11.5 Å². The van der Waals surface area contributed by atoms with E-state index in [1.165, 1.54) is 37.6 Å². The van der Waals surface area contributed by atoms with E-state index < -0.39 is 11.7 Å². The second kappa shape index (κ2) is 9.91. The highest BCUT2D eigenvalue weighted by Crippen LogP contribution is 2.22. The van der Waals surface area contributed by atoms with Crippen LogP contribution in [-0.4, -0.2) is 32.2 Å². The van der Waals surface area contributed by atoms with Crippen molar-refractivity contribution >= 4 is 23.7 Å². The molecule has 0 aliphatic heterocycles. The first-order chi connectivity index (χ1) is 13.0. The number of rotatable bonds is 8. The van der Waals surface area contributed by atoms with Gasteiger partial charge in [0.25, 0.3) is 0 Å². The Morgan fingerprint density at radius 1 is 1.04 bits per heavy atom. The molecule has 0 spiro atoms. The van der Waals surface area contributed by atoms with Crippen LogP contribution in [0.1, 0.15) is 18.4 Å². The Morgan fingerprint density at radius 3 is 2.41 bits per heavy atom. The number of anilines is 1. The second-order valence-electron chi connectivity index (χ2n) is 5.46. The fourth-order valence-corrected chi connectivity index (χ4v) is 2.15. The summed E-state index contributed by atoms with van der Waals surface area (Å²) in [5.41, 5.74) is 3.44. The van der Waals surface area contributed by atoms with Gasteiger partial charge in [0.15, 0.2) is 0 Å². The Kier molecular flexibility index (Phi) is 7.30. The number of halogens is 1. The summed E-state index contributed by atoms with van der Waals surface area (Å²) in [6.45, 7) is 0. The number of carbonyl (C=O) groups is 2. The van der Waals surface area contributed by atoms with Crippen molar-refractivity contribution in [1.82, 2.24) is 5.43 Å². The van der Waals surface area contributed by atoms with Crippen LogP contribution in [0.25, 0.3) is 0 Å². The Morgan fingerprint density at radius 2 is 1.74 bits per heavy atom. The summed E-state index contributed by atoms with van der Waals surface area (Å²) in [7, 11) is 3.07. The minimum Gasteiger partial charge on any atom is -0.497 e. The number of ether oxygens (including phenoxy) is 2. The quantitative estimate of drug-likeness (QED) is 0.550. The molecule has 27 heavy (non-hydrogen) atoms. The van der Waals surface area contributed by atoms with Crippen LogP contribution in [0.4, 0.5) is 10.1 Å². The van der Waals surface area contributed by atoms with E-state index in [0.717, 1.165) is 0 Å². The summed E-state index contributed by atoms with van der Waals surface area (Å²) in [4.78, 5) is 23.6. The van der Waals surface area contributed by atoms with Crippen molar-refractivity contribution in [2.24, 2.45) is 5.10 Å². The number of hydrogen-bond donors (Lipinski definition) is 2. The molecule has 0 radical (unpaired) electrons. The standard InChI is InChI=1S/C19H20FN3O4/c1-26-16-7-8-17(27-2)13(11-16)12-21-23-19(25)10-9-18(24)22-15-5-3-14(20)4-6-15/h3-8,11-12H,9-10H2,1-2H3,(H,22,24)(H,23,25)/b21-12+. The van der Waals surface area contributed by atoms with Crippen LogP contribution in [0, 0.1) is 5.82 Å². The number of nitrogens with one attached hydrogen (secondary N) is 2. The average molecular weight is 373 g/mol. The molecule has 2 aromatic rings. The monoisotopic (exact) mass is 373 g/mol. The van der Waals surface area contributed by atoms with Gasteiger partial charge in [0.1, 0.15) is 17.3 Å². The molecule has 2 N–H and O–H groups in total. The second-order valence-corrected chi connectivity index (χ2v) is 5.46. The fraction of sp³-hybridized carbons (Fsp3) is 0.211. The SMILES string of the molecule is COc1ccc(OC)c(/C=N/NC(=O)CCC(=O)Nc2ccc(F)cc2)c1. The van der Waals surface area contributed by atoms with E-state index >= 15 is 0 Å². The van der Waals surface area contributed by atoms with E-state index in [9.17, 15) is 14.0 Å². The number of hydrogen-bond acceptors (Lipinski definition) is 5. The van der Waals surface area contributed by atoms with E-state index in [2.05, 4.69) is 15.8 Å². The third kappa shape index (κ3) is 6.43. The lowest BCUT2D eigenvalue weighted by Gasteiger charge is -2.07. The van der Waals surface area contributed by atoms with Crippen LogP contribution >= 0.6 is 0 Å². The molecule has 0 fully saturated rings. The third-order valence-electron chi connectivity index (χ3n) is 3.54. The Balaban J connectivity index is 1.81. The van der Waals surface area contributed by atoms with E-state index in [1.807, 2.05) is 0 Å². The van der Waals surface area contributed by atoms with E-state index in [4.69, 9.17) is 9.47 Å². The van der Waals surface area contributed by atoms with Crippen molar-refractivity contribution in [2.75, 3.05) is 19.5 Å². The van der Waals surface area contributed by atoms with E-state index in [1.54, 1.807) is 25.3 Å². The lowest BCUT2D eigenvalue weighted by atomic mass is 10.2. The molecular weight excluding hydrogens is 353 g/mol. The van der Waals surface area contributed by atoms with Gasteiger partial charge in [-0.2, -0.15) is 5.10 Å². The maximum atomic E-state index is 12.8. The van der Waals surface area contributed by atoms with E-state index in [0.29, 0.717) is 22.7 Å². The van der Waals surface area contributed by atoms with Crippen molar-refractivity contribution in [3.05, 3.63) is 53.8 Å². The number of amides is 2. The first kappa shape index (κ1) is 19.9. The molecule has 8 heteroatoms. The molecule has 0 unspecified atom stereocenters. The van der Waals surface area contributed by atoms with Crippen LogP contribution in [0.15, 0.2) is 47.6 Å². The molecule has 7 nitrogen and oxygen atoms in total. The predicted octanol–water partition coefficient (Wildman–Crippen LogP) is 2.71. The number of hydrazone groups is 1. The minimum absolute atomic E-state index is 0.0266. The normalized spacial score (nSPS) is 10.5. The van der Waals surface area contributed by atoms with Gasteiger partial charge in [0.2, 0.25) is 11.8 Å². The highest BCUT2D eigenvalue weighted by molar-refractivity contribution is 5.93. The van der Waals surface area contributed by atoms with Gasteiger partial charge in [0, 0.05) is 24.1 Å². The number of nitrogens with zero attached hydrogens (tertiary/aromatic N) is 1. The van der Waals surface area contributed by atoms with Gasteiger partial charge in [-0.15, -0.1) is 0 Å². The van der Waals surface area contributed by atoms with Gasteiger partial charge in [-0.05, 0) is 42.5 Å². The zero-order chi connectivity index (χ0) is 19.6. The molecule has 2 amide bonds. The first-order valence-electron chi connectivity index (χ1n) is 8.11. The molecule has 0 aliphatic carbocycles. The zero-order valence-electron chi connectivity index (χ0n) is 15.0. The smallest absolute Gasteiger partial charge is 0.240 e. The minimum atomic E-state index is -0.414. The molecule has 2 aromatic carbocycles. The van der Waals surface area contributed by atoms with Gasteiger partial charge < -0.3 is 14.8 Å². The van der Waals surface area contributed by atoms with Crippen LogP contribution in [-0.2, 0) is 9.59 Å². The topological polar surface area (TPSA) is 89.0 Å². The molecule has 0 atom stereocenters. The van der Waals surface area contributed by atoms with Crippen LogP contribution in [0.2, 0.25) is 0 Å². The first-order valence-corrected chi connectivity index (χ1v) is 8.11. The predicted molar refractivity (Wildman–Crippen MR) is 99.5 cm³/mol. The number of methoxy groups -OCH3 is 2. The molecule has 0 aromatic heterocycles. The van der Waals surface area contributed by atoms with Crippen molar-refractivity contribution in [3.8, 4) is 11.5 Å². The summed E-state index contributed by atoms with van der Waals surface area (Å²) >= 11 is 0. The Hall–Kier alpha value is -3.42. The van der Waals surface area contributed by atoms with E-state index in [-0.39, 0.29) is 18.7 Å². The molecule has 0 aliphatic rings. The van der Waals surface area contributed by atoms with Gasteiger partial charge >= 0.3 is 0 Å². The third-order valence-corrected chi connectivity index (χ3v) is 3.54. The molecule has 0 bridgehead atoms. The Labute approximate surface area is 156 Å². The molecule has 142 valence electrons. The highest BCUT2D eigenvalue weighted by Gasteiger charge is 2.07. The molecule has 0 saturated carbocycles. The summed E-state index contributed by atoms with van der Waals surface area (Å²) in [5, 5.41) is 6.44. The maximum Gasteiger partial charge on any atom is 0.240 e. The van der Waals surface area contributed by atoms with Crippen molar-refractivity contribution in [1.29, 1.82) is 0 Å². The molecule has 2 rings (SSSR count). The van der Waals surface area contributed by atoms with Crippen molar-refractivity contribution in [2.45, 2.75) is 12.8 Å². The maximum absolute atomic E-state index is 12.8. The molecular formula is C19H20FN3O4. The summed E-state index contributed by atoms with van der Waals surface area (Å²) in [6.07, 6.45) is 1.36. The summed E-state index contributed by atoms with van der Waals surface area (Å²) in [5.74, 6) is 0.0454. The van der Waals surface area contributed by atoms with Crippen molar-refractivity contribution in [3.63, 3.8) is 0 Å². The lowest BCUT2D eigenvalue weighted by molar-refractivity contribution is -0.124. The highest BCUT2D eigenvalue weighted by atomic mass is 19.1. The van der Waals surface area contributed by atoms with Crippen LogP contribution in [0.3, 0.4) is 0 Å². The lowest BCUT2D eigenvalue weighted by Crippen LogP contribution is -2.20. The summed E-state index contributed by atoms with van der Waals surface area (Å²) in [6, 6.07) is 10.5. The van der Waals surface area contributed by atoms with Gasteiger partial charge in [-0.25, -0.2) is 9.82 Å².